The van der Waals surface area contributed by atoms with Crippen LogP contribution >= 0.6 is 11.3 Å². The summed E-state index contributed by atoms with van der Waals surface area (Å²) in [5.41, 5.74) is 3.80. The Labute approximate surface area is 298 Å². The van der Waals surface area contributed by atoms with Gasteiger partial charge in [0.15, 0.2) is 16.3 Å². The van der Waals surface area contributed by atoms with Crippen LogP contribution in [0.1, 0.15) is 44.4 Å². The molecule has 12 heteroatoms. The van der Waals surface area contributed by atoms with Gasteiger partial charge in [0.25, 0.3) is 5.56 Å². The summed E-state index contributed by atoms with van der Waals surface area (Å²) in [6.07, 6.45) is 6.04. The van der Waals surface area contributed by atoms with Gasteiger partial charge in [0.05, 0.1) is 41.2 Å². The number of esters is 2. The topological polar surface area (TPSA) is 123 Å². The number of benzene rings is 3. The van der Waals surface area contributed by atoms with Gasteiger partial charge in [-0.25, -0.2) is 14.5 Å². The lowest BCUT2D eigenvalue weighted by Gasteiger charge is -2.25. The second-order valence-corrected chi connectivity index (χ2v) is 12.6. The summed E-state index contributed by atoms with van der Waals surface area (Å²) < 4.78 is 25.7. The van der Waals surface area contributed by atoms with Gasteiger partial charge in [0.2, 0.25) is 0 Å². The Hall–Kier alpha value is -6.01. The molecule has 6 rings (SSSR count). The van der Waals surface area contributed by atoms with Gasteiger partial charge in [0.1, 0.15) is 18.1 Å². The number of carbonyl (C=O) groups is 2. The Morgan fingerprint density at radius 2 is 1.80 bits per heavy atom. The SMILES string of the molecule is C=CCOC(=O)C1=C(C)N=c2s/c(=C\c3cn(-c4ccccc4)nc3-c3ccc(OCCC)cc3)c(=O)n2C1c1ccc(OC(C)=O)c(OC)c1. The molecule has 3 aromatic carbocycles. The summed E-state index contributed by atoms with van der Waals surface area (Å²) in [5.74, 6) is 0.0478. The van der Waals surface area contributed by atoms with Crippen LogP contribution in [0.2, 0.25) is 0 Å². The number of hydrogen-bond donors (Lipinski definition) is 0. The summed E-state index contributed by atoms with van der Waals surface area (Å²) in [6.45, 7) is 9.28. The van der Waals surface area contributed by atoms with Crippen molar-refractivity contribution in [3.63, 3.8) is 0 Å². The third kappa shape index (κ3) is 7.31. The summed E-state index contributed by atoms with van der Waals surface area (Å²) in [5, 5.41) is 4.93. The van der Waals surface area contributed by atoms with E-state index in [1.54, 1.807) is 35.9 Å². The summed E-state index contributed by atoms with van der Waals surface area (Å²) in [4.78, 5) is 44.8. The molecular formula is C39H36N4O7S. The summed E-state index contributed by atoms with van der Waals surface area (Å²) >= 11 is 1.20. The molecule has 3 heterocycles. The summed E-state index contributed by atoms with van der Waals surface area (Å²) in [6, 6.07) is 21.3. The number of para-hydroxylation sites is 1. The molecule has 1 aliphatic rings. The molecule has 0 aliphatic carbocycles. The lowest BCUT2D eigenvalue weighted by Crippen LogP contribution is -2.40. The lowest BCUT2D eigenvalue weighted by atomic mass is 9.95. The van der Waals surface area contributed by atoms with Crippen molar-refractivity contribution in [1.82, 2.24) is 14.3 Å². The van der Waals surface area contributed by atoms with Crippen LogP contribution in [0.25, 0.3) is 23.0 Å². The van der Waals surface area contributed by atoms with E-state index in [-0.39, 0.29) is 29.2 Å². The highest BCUT2D eigenvalue weighted by molar-refractivity contribution is 7.07. The Morgan fingerprint density at radius 3 is 2.49 bits per heavy atom. The van der Waals surface area contributed by atoms with Crippen molar-refractivity contribution < 1.29 is 28.5 Å². The largest absolute Gasteiger partial charge is 0.494 e. The predicted octanol–water partition coefficient (Wildman–Crippen LogP) is 5.54. The van der Waals surface area contributed by atoms with Gasteiger partial charge in [-0.05, 0) is 73.5 Å². The highest BCUT2D eigenvalue weighted by Crippen LogP contribution is 2.36. The number of thiazole rings is 1. The number of carbonyl (C=O) groups excluding carboxylic acids is 2. The van der Waals surface area contributed by atoms with Crippen molar-refractivity contribution >= 4 is 29.4 Å². The van der Waals surface area contributed by atoms with Gasteiger partial charge in [0, 0.05) is 24.2 Å². The number of allylic oxidation sites excluding steroid dienone is 1. The van der Waals surface area contributed by atoms with E-state index in [9.17, 15) is 14.4 Å². The minimum Gasteiger partial charge on any atom is -0.494 e. The minimum absolute atomic E-state index is 0.0264. The highest BCUT2D eigenvalue weighted by Gasteiger charge is 2.34. The second-order valence-electron chi connectivity index (χ2n) is 11.6. The second kappa shape index (κ2) is 15.3. The van der Waals surface area contributed by atoms with E-state index in [2.05, 4.69) is 13.5 Å². The maximum absolute atomic E-state index is 14.5. The average Bonchev–Trinajstić information content (AvgIpc) is 3.69. The van der Waals surface area contributed by atoms with Gasteiger partial charge in [-0.1, -0.05) is 55.2 Å². The van der Waals surface area contributed by atoms with Crippen molar-refractivity contribution in [2.45, 2.75) is 33.2 Å². The van der Waals surface area contributed by atoms with Gasteiger partial charge in [-0.2, -0.15) is 5.10 Å². The first kappa shape index (κ1) is 34.8. The van der Waals surface area contributed by atoms with Crippen molar-refractivity contribution in [2.75, 3.05) is 20.3 Å². The first-order chi connectivity index (χ1) is 24.7. The molecule has 0 amide bonds. The summed E-state index contributed by atoms with van der Waals surface area (Å²) in [7, 11) is 1.44. The average molecular weight is 705 g/mol. The molecule has 0 bridgehead atoms. The molecule has 11 nitrogen and oxygen atoms in total. The van der Waals surface area contributed by atoms with Crippen molar-refractivity contribution in [3.05, 3.63) is 134 Å². The third-order valence-electron chi connectivity index (χ3n) is 7.98. The smallest absolute Gasteiger partial charge is 0.338 e. The normalized spacial score (nSPS) is 14.0. The standard InChI is InChI=1S/C39H36N4O7S/c1-6-19-48-30-16-13-26(14-17-30)35-28(23-42(41-35)29-11-9-8-10-12-29)22-33-37(45)43-36(27-15-18-31(50-25(4)44)32(21-27)47-5)34(38(46)49-20-7-2)24(3)40-39(43)51-33/h7-18,21-23,36H,2,6,19-20H2,1,3-5H3/b33-22-. The fraction of sp³-hybridized carbons (Fsp3) is 0.205. The maximum atomic E-state index is 14.5. The molecule has 0 fully saturated rings. The number of methoxy groups -OCH3 is 1. The number of nitrogens with zero attached hydrogens (tertiary/aromatic N) is 4. The van der Waals surface area contributed by atoms with E-state index in [1.165, 1.54) is 36.0 Å². The Kier molecular flexibility index (Phi) is 10.4. The molecule has 0 saturated heterocycles. The number of ether oxygens (including phenoxy) is 4. The Morgan fingerprint density at radius 1 is 1.04 bits per heavy atom. The Balaban J connectivity index is 1.52. The molecule has 0 radical (unpaired) electrons. The molecule has 1 aliphatic heterocycles. The number of hydrogen-bond acceptors (Lipinski definition) is 10. The van der Waals surface area contributed by atoms with E-state index in [0.717, 1.165) is 23.4 Å². The quantitative estimate of drug-likeness (QED) is 0.0943. The van der Waals surface area contributed by atoms with Crippen LogP contribution in [0.4, 0.5) is 0 Å². The minimum atomic E-state index is -0.928. The van der Waals surface area contributed by atoms with Crippen LogP contribution in [0.5, 0.6) is 17.2 Å². The molecule has 5 aromatic rings. The Bertz CT molecular complexity index is 2320. The van der Waals surface area contributed by atoms with Crippen molar-refractivity contribution in [3.8, 4) is 34.2 Å². The first-order valence-corrected chi connectivity index (χ1v) is 17.1. The first-order valence-electron chi connectivity index (χ1n) is 16.3. The van der Waals surface area contributed by atoms with Crippen LogP contribution in [-0.2, 0) is 14.3 Å². The van der Waals surface area contributed by atoms with E-state index < -0.39 is 18.0 Å². The molecule has 1 unspecified atom stereocenters. The van der Waals surface area contributed by atoms with Crippen LogP contribution < -0.4 is 29.1 Å². The van der Waals surface area contributed by atoms with Crippen molar-refractivity contribution in [1.29, 1.82) is 0 Å². The molecule has 260 valence electrons. The fourth-order valence-corrected chi connectivity index (χ4v) is 6.74. The number of aromatic nitrogens is 3. The number of rotatable bonds is 12. The molecule has 0 spiro atoms. The van der Waals surface area contributed by atoms with Crippen molar-refractivity contribution in [2.24, 2.45) is 4.99 Å². The van der Waals surface area contributed by atoms with E-state index in [0.29, 0.717) is 38.5 Å². The van der Waals surface area contributed by atoms with Crippen LogP contribution in [0, 0.1) is 0 Å². The number of fused-ring (bicyclic) bond motifs is 1. The maximum Gasteiger partial charge on any atom is 0.338 e. The monoisotopic (exact) mass is 704 g/mol. The highest BCUT2D eigenvalue weighted by atomic mass is 32.1. The zero-order chi connectivity index (χ0) is 36.1. The van der Waals surface area contributed by atoms with Gasteiger partial charge in [-0.3, -0.25) is 14.2 Å². The lowest BCUT2D eigenvalue weighted by molar-refractivity contribution is -0.138. The van der Waals surface area contributed by atoms with Crippen LogP contribution in [0.15, 0.2) is 113 Å². The molecular weight excluding hydrogens is 669 g/mol. The zero-order valence-electron chi connectivity index (χ0n) is 28.6. The van der Waals surface area contributed by atoms with E-state index in [1.807, 2.05) is 60.8 Å². The molecule has 0 N–H and O–H groups in total. The molecule has 2 aromatic heterocycles. The third-order valence-corrected chi connectivity index (χ3v) is 8.96. The molecule has 0 saturated carbocycles. The van der Waals surface area contributed by atoms with Gasteiger partial charge in [-0.15, -0.1) is 0 Å². The van der Waals surface area contributed by atoms with Crippen LogP contribution in [0.3, 0.4) is 0 Å². The fourth-order valence-electron chi connectivity index (χ4n) is 5.70. The van der Waals surface area contributed by atoms with Gasteiger partial charge >= 0.3 is 11.9 Å². The predicted molar refractivity (Wildman–Crippen MR) is 194 cm³/mol. The van der Waals surface area contributed by atoms with Crippen LogP contribution in [-0.4, -0.2) is 46.6 Å². The van der Waals surface area contributed by atoms with Gasteiger partial charge < -0.3 is 18.9 Å². The zero-order valence-corrected chi connectivity index (χ0v) is 29.4. The molecule has 1 atom stereocenters. The van der Waals surface area contributed by atoms with E-state index in [4.69, 9.17) is 29.0 Å². The van der Waals surface area contributed by atoms with E-state index >= 15 is 0 Å². The molecule has 51 heavy (non-hydrogen) atoms.